The highest BCUT2D eigenvalue weighted by Gasteiger charge is 2.37. The average molecular weight is 538 g/mol. The Balaban J connectivity index is 0.00000300. The quantitative estimate of drug-likeness (QED) is 0.329. The molecule has 0 saturated carbocycles. The number of hydrogen-bond donors (Lipinski definition) is 2. The van der Waals surface area contributed by atoms with Crippen molar-refractivity contribution < 1.29 is 14.2 Å². The minimum Gasteiger partial charge on any atom is -0.496 e. The van der Waals surface area contributed by atoms with Gasteiger partial charge in [0.2, 0.25) is 0 Å². The topological polar surface area (TPSA) is 64.1 Å². The maximum absolute atomic E-state index is 6.33. The fourth-order valence-corrected chi connectivity index (χ4v) is 4.29. The van der Waals surface area contributed by atoms with E-state index in [9.17, 15) is 0 Å². The summed E-state index contributed by atoms with van der Waals surface area (Å²) in [5.41, 5.74) is 0.879. The monoisotopic (exact) mass is 537 g/mol. The third kappa shape index (κ3) is 6.12. The van der Waals surface area contributed by atoms with Crippen LogP contribution in [-0.2, 0) is 14.9 Å². The van der Waals surface area contributed by atoms with Crippen LogP contribution in [0.25, 0.3) is 0 Å². The molecule has 2 saturated heterocycles. The lowest BCUT2D eigenvalue weighted by Gasteiger charge is -2.39. The second-order valence-electron chi connectivity index (χ2n) is 7.92. The first-order valence-electron chi connectivity index (χ1n) is 10.0. The number of benzene rings is 1. The van der Waals surface area contributed by atoms with Gasteiger partial charge in [0.15, 0.2) is 5.96 Å². The Morgan fingerprint density at radius 3 is 2.52 bits per heavy atom. The van der Waals surface area contributed by atoms with E-state index in [1.807, 2.05) is 18.2 Å². The van der Waals surface area contributed by atoms with Crippen molar-refractivity contribution in [3.63, 3.8) is 0 Å². The summed E-state index contributed by atoms with van der Waals surface area (Å²) >= 11 is 6.33. The highest BCUT2D eigenvalue weighted by Crippen LogP contribution is 2.40. The molecule has 29 heavy (non-hydrogen) atoms. The van der Waals surface area contributed by atoms with Crippen molar-refractivity contribution >= 4 is 41.5 Å². The minimum absolute atomic E-state index is 0. The van der Waals surface area contributed by atoms with Crippen LogP contribution in [0.2, 0.25) is 5.02 Å². The third-order valence-corrected chi connectivity index (χ3v) is 6.17. The van der Waals surface area contributed by atoms with Crippen LogP contribution >= 0.6 is 35.6 Å². The number of rotatable bonds is 6. The molecule has 1 aromatic carbocycles. The van der Waals surface area contributed by atoms with Crippen LogP contribution in [0.4, 0.5) is 0 Å². The van der Waals surface area contributed by atoms with Gasteiger partial charge in [0.1, 0.15) is 5.75 Å². The Hall–Kier alpha value is -0.770. The zero-order valence-electron chi connectivity index (χ0n) is 17.6. The van der Waals surface area contributed by atoms with Crippen LogP contribution in [0.3, 0.4) is 0 Å². The Kier molecular flexibility index (Phi) is 9.31. The second-order valence-corrected chi connectivity index (χ2v) is 8.35. The molecule has 3 rings (SSSR count). The predicted molar refractivity (Wildman–Crippen MR) is 128 cm³/mol. The van der Waals surface area contributed by atoms with E-state index < -0.39 is 0 Å². The first kappa shape index (κ1) is 24.5. The maximum atomic E-state index is 6.33. The van der Waals surface area contributed by atoms with Crippen LogP contribution < -0.4 is 15.4 Å². The Morgan fingerprint density at radius 2 is 1.90 bits per heavy atom. The van der Waals surface area contributed by atoms with Gasteiger partial charge in [-0.25, -0.2) is 0 Å². The van der Waals surface area contributed by atoms with Crippen molar-refractivity contribution in [1.82, 2.24) is 10.6 Å². The molecule has 1 atom stereocenters. The molecule has 2 fully saturated rings. The lowest BCUT2D eigenvalue weighted by molar-refractivity contribution is 0.0242. The molecule has 0 radical (unpaired) electrons. The number of hydrogen-bond acceptors (Lipinski definition) is 4. The number of aliphatic imine (C=N–C) groups is 1. The Bertz CT molecular complexity index is 690. The summed E-state index contributed by atoms with van der Waals surface area (Å²) < 4.78 is 17.2. The molecule has 2 heterocycles. The molecule has 1 aromatic rings. The zero-order chi connectivity index (χ0) is 20.0. The van der Waals surface area contributed by atoms with E-state index in [0.29, 0.717) is 0 Å². The molecule has 0 amide bonds. The van der Waals surface area contributed by atoms with E-state index >= 15 is 0 Å². The average Bonchev–Trinajstić information content (AvgIpc) is 3.15. The SMILES string of the molecule is CN=C(NCC1(C)CCCO1)NCC1(c2cc(Cl)ccc2OC)CCOCC1.I. The number of nitrogens with zero attached hydrogens (tertiary/aromatic N) is 1. The molecule has 0 bridgehead atoms. The smallest absolute Gasteiger partial charge is 0.191 e. The van der Waals surface area contributed by atoms with Gasteiger partial charge in [-0.3, -0.25) is 4.99 Å². The first-order valence-corrected chi connectivity index (χ1v) is 10.4. The molecule has 1 unspecified atom stereocenters. The lowest BCUT2D eigenvalue weighted by Crippen LogP contribution is -2.50. The third-order valence-electron chi connectivity index (χ3n) is 5.93. The van der Waals surface area contributed by atoms with Gasteiger partial charge in [0, 0.05) is 56.0 Å². The molecule has 0 aliphatic carbocycles. The van der Waals surface area contributed by atoms with Crippen molar-refractivity contribution in [2.45, 2.75) is 43.6 Å². The van der Waals surface area contributed by atoms with Crippen molar-refractivity contribution in [3.8, 4) is 5.75 Å². The summed E-state index contributed by atoms with van der Waals surface area (Å²) in [5, 5.41) is 7.66. The van der Waals surface area contributed by atoms with Gasteiger partial charge in [-0.2, -0.15) is 0 Å². The first-order chi connectivity index (χ1) is 13.5. The summed E-state index contributed by atoms with van der Waals surface area (Å²) in [6, 6.07) is 5.84. The number of halogens is 2. The van der Waals surface area contributed by atoms with Crippen molar-refractivity contribution in [3.05, 3.63) is 28.8 Å². The van der Waals surface area contributed by atoms with Crippen molar-refractivity contribution in [2.24, 2.45) is 4.99 Å². The van der Waals surface area contributed by atoms with E-state index in [1.165, 1.54) is 0 Å². The summed E-state index contributed by atoms with van der Waals surface area (Å²) in [6.07, 6.45) is 3.98. The maximum Gasteiger partial charge on any atom is 0.191 e. The standard InChI is InChI=1S/C21H32ClN3O3.HI/c1-20(7-4-10-28-20)14-24-19(23-2)25-15-21(8-11-27-12-9-21)17-13-16(22)5-6-18(17)26-3;/h5-6,13H,4,7-12,14-15H2,1-3H3,(H2,23,24,25);1H. The number of ether oxygens (including phenoxy) is 3. The van der Waals surface area contributed by atoms with E-state index in [4.69, 9.17) is 25.8 Å². The summed E-state index contributed by atoms with van der Waals surface area (Å²) in [4.78, 5) is 4.40. The molecule has 2 N–H and O–H groups in total. The normalized spacial score (nSPS) is 23.9. The molecule has 6 nitrogen and oxygen atoms in total. The van der Waals surface area contributed by atoms with Crippen LogP contribution in [0.5, 0.6) is 5.75 Å². The highest BCUT2D eigenvalue weighted by atomic mass is 127. The number of nitrogens with one attached hydrogen (secondary N) is 2. The van der Waals surface area contributed by atoms with Gasteiger partial charge >= 0.3 is 0 Å². The largest absolute Gasteiger partial charge is 0.496 e. The Morgan fingerprint density at radius 1 is 1.17 bits per heavy atom. The van der Waals surface area contributed by atoms with Crippen LogP contribution in [0.1, 0.15) is 38.2 Å². The van der Waals surface area contributed by atoms with E-state index in [2.05, 4.69) is 22.5 Å². The van der Waals surface area contributed by atoms with Gasteiger partial charge in [0.25, 0.3) is 0 Å². The zero-order valence-corrected chi connectivity index (χ0v) is 20.6. The number of guanidine groups is 1. The van der Waals surface area contributed by atoms with Crippen LogP contribution in [0, 0.1) is 0 Å². The predicted octanol–water partition coefficient (Wildman–Crippen LogP) is 3.75. The lowest BCUT2D eigenvalue weighted by atomic mass is 9.73. The fourth-order valence-electron chi connectivity index (χ4n) is 4.12. The molecule has 2 aliphatic heterocycles. The molecule has 164 valence electrons. The molecule has 0 spiro atoms. The second kappa shape index (κ2) is 11.0. The van der Waals surface area contributed by atoms with E-state index in [0.717, 1.165) is 80.9 Å². The van der Waals surface area contributed by atoms with Crippen LogP contribution in [-0.4, -0.2) is 58.6 Å². The number of methoxy groups -OCH3 is 1. The van der Waals surface area contributed by atoms with E-state index in [-0.39, 0.29) is 35.0 Å². The van der Waals surface area contributed by atoms with Gasteiger partial charge in [-0.1, -0.05) is 11.6 Å². The summed E-state index contributed by atoms with van der Waals surface area (Å²) in [7, 11) is 3.50. The summed E-state index contributed by atoms with van der Waals surface area (Å²) in [5.74, 6) is 1.64. The Labute approximate surface area is 196 Å². The molecular formula is C21H33ClIN3O3. The van der Waals surface area contributed by atoms with Crippen molar-refractivity contribution in [1.29, 1.82) is 0 Å². The van der Waals surface area contributed by atoms with Crippen LogP contribution in [0.15, 0.2) is 23.2 Å². The minimum atomic E-state index is -0.125. The van der Waals surface area contributed by atoms with Gasteiger partial charge in [0.05, 0.1) is 12.7 Å². The molecule has 8 heteroatoms. The highest BCUT2D eigenvalue weighted by molar-refractivity contribution is 14.0. The fraction of sp³-hybridized carbons (Fsp3) is 0.667. The van der Waals surface area contributed by atoms with Gasteiger partial charge in [-0.15, -0.1) is 24.0 Å². The summed E-state index contributed by atoms with van der Waals surface area (Å²) in [6.45, 7) is 5.89. The molecule has 2 aliphatic rings. The molecule has 0 aromatic heterocycles. The molecular weight excluding hydrogens is 505 g/mol. The van der Waals surface area contributed by atoms with E-state index in [1.54, 1.807) is 14.2 Å². The van der Waals surface area contributed by atoms with Gasteiger partial charge in [-0.05, 0) is 50.8 Å². The van der Waals surface area contributed by atoms with Gasteiger partial charge < -0.3 is 24.8 Å². The van der Waals surface area contributed by atoms with Crippen molar-refractivity contribution in [2.75, 3.05) is 47.1 Å².